The van der Waals surface area contributed by atoms with E-state index in [1.54, 1.807) is 19.9 Å². The third kappa shape index (κ3) is 5.48. The summed E-state index contributed by atoms with van der Waals surface area (Å²) in [6.45, 7) is 3.22. The zero-order chi connectivity index (χ0) is 24.7. The van der Waals surface area contributed by atoms with Crippen LogP contribution in [0.4, 0.5) is 5.69 Å². The molecule has 0 spiro atoms. The van der Waals surface area contributed by atoms with E-state index in [-0.39, 0.29) is 36.5 Å². The Hall–Kier alpha value is -4.45. The zero-order valence-corrected chi connectivity index (χ0v) is 18.7. The topological polar surface area (TPSA) is 132 Å². The molecule has 0 saturated carbocycles. The molecule has 34 heavy (non-hydrogen) atoms. The average molecular weight is 461 g/mol. The number of allylic oxidation sites excluding steroid dienone is 2. The first kappa shape index (κ1) is 24.2. The lowest BCUT2D eigenvalue weighted by Crippen LogP contribution is -2.32. The van der Waals surface area contributed by atoms with Gasteiger partial charge in [0.05, 0.1) is 34.5 Å². The number of non-ortho nitro benzene ring substituents is 1. The number of esters is 2. The molecule has 9 heteroatoms. The predicted molar refractivity (Wildman–Crippen MR) is 122 cm³/mol. The fourth-order valence-electron chi connectivity index (χ4n) is 3.75. The number of nitro groups is 1. The van der Waals surface area contributed by atoms with Crippen LogP contribution in [-0.4, -0.2) is 23.5 Å². The molecule has 0 bridgehead atoms. The van der Waals surface area contributed by atoms with Gasteiger partial charge >= 0.3 is 11.9 Å². The summed E-state index contributed by atoms with van der Waals surface area (Å²) in [6, 6.07) is 16.8. The van der Waals surface area contributed by atoms with Gasteiger partial charge in [0.25, 0.3) is 5.69 Å². The van der Waals surface area contributed by atoms with Gasteiger partial charge in [-0.25, -0.2) is 9.59 Å². The summed E-state index contributed by atoms with van der Waals surface area (Å²) in [6.07, 6.45) is 0.00775. The minimum absolute atomic E-state index is 0.00775. The summed E-state index contributed by atoms with van der Waals surface area (Å²) in [5.41, 5.74) is 2.14. The van der Waals surface area contributed by atoms with E-state index in [4.69, 9.17) is 14.7 Å². The molecule has 0 aromatic heterocycles. The van der Waals surface area contributed by atoms with Crippen LogP contribution in [0.3, 0.4) is 0 Å². The standard InChI is InChI=1S/C25H23N3O6/c1-16-21(24(29)33-13-7-12-26)23(19-10-6-11-20(14-19)28(31)32)22(17(2)27-16)25(30)34-15-18-8-4-3-5-9-18/h3-6,8-11,14,23,27H,7,13,15H2,1-2H3. The van der Waals surface area contributed by atoms with Gasteiger partial charge in [-0.2, -0.15) is 5.26 Å². The fraction of sp³-hybridized carbons (Fsp3) is 0.240. The monoisotopic (exact) mass is 461 g/mol. The number of carbonyl (C=O) groups is 2. The molecule has 1 aliphatic heterocycles. The third-order valence-electron chi connectivity index (χ3n) is 5.27. The van der Waals surface area contributed by atoms with Crippen molar-refractivity contribution in [1.29, 1.82) is 5.26 Å². The number of nitriles is 1. The van der Waals surface area contributed by atoms with Crippen molar-refractivity contribution < 1.29 is 24.0 Å². The van der Waals surface area contributed by atoms with Crippen molar-refractivity contribution in [2.45, 2.75) is 32.8 Å². The molecule has 9 nitrogen and oxygen atoms in total. The number of hydrogen-bond acceptors (Lipinski definition) is 8. The molecule has 1 heterocycles. The Bertz CT molecular complexity index is 1210. The van der Waals surface area contributed by atoms with Gasteiger partial charge in [-0.3, -0.25) is 10.1 Å². The number of rotatable bonds is 8. The summed E-state index contributed by atoms with van der Waals surface area (Å²) in [7, 11) is 0. The smallest absolute Gasteiger partial charge is 0.337 e. The maximum Gasteiger partial charge on any atom is 0.337 e. The molecular formula is C25H23N3O6. The summed E-state index contributed by atoms with van der Waals surface area (Å²) < 4.78 is 10.8. The summed E-state index contributed by atoms with van der Waals surface area (Å²) >= 11 is 0. The SMILES string of the molecule is CC1=C(C(=O)OCCC#N)C(c2cccc([N+](=O)[O-])c2)C(C(=O)OCc2ccccc2)=C(C)N1. The summed E-state index contributed by atoms with van der Waals surface area (Å²) in [5, 5.41) is 23.2. The molecule has 2 aromatic carbocycles. The van der Waals surface area contributed by atoms with E-state index in [0.29, 0.717) is 17.0 Å². The molecule has 1 aliphatic rings. The zero-order valence-electron chi connectivity index (χ0n) is 18.7. The minimum Gasteiger partial charge on any atom is -0.461 e. The van der Waals surface area contributed by atoms with Crippen LogP contribution < -0.4 is 5.32 Å². The van der Waals surface area contributed by atoms with E-state index in [1.165, 1.54) is 18.2 Å². The van der Waals surface area contributed by atoms with Crippen molar-refractivity contribution in [2.75, 3.05) is 6.61 Å². The highest BCUT2D eigenvalue weighted by atomic mass is 16.6. The van der Waals surface area contributed by atoms with E-state index in [0.717, 1.165) is 5.56 Å². The number of ether oxygens (including phenoxy) is 2. The lowest BCUT2D eigenvalue weighted by molar-refractivity contribution is -0.384. The van der Waals surface area contributed by atoms with Gasteiger partial charge in [0.1, 0.15) is 13.2 Å². The highest BCUT2D eigenvalue weighted by molar-refractivity contribution is 6.00. The maximum atomic E-state index is 13.2. The molecule has 1 unspecified atom stereocenters. The molecule has 0 aliphatic carbocycles. The first-order valence-corrected chi connectivity index (χ1v) is 10.5. The Kier molecular flexibility index (Phi) is 7.77. The van der Waals surface area contributed by atoms with Crippen molar-refractivity contribution >= 4 is 17.6 Å². The van der Waals surface area contributed by atoms with Crippen LogP contribution >= 0.6 is 0 Å². The van der Waals surface area contributed by atoms with Crippen molar-refractivity contribution in [2.24, 2.45) is 0 Å². The van der Waals surface area contributed by atoms with Crippen molar-refractivity contribution in [3.05, 3.63) is 98.4 Å². The second kappa shape index (κ2) is 10.9. The highest BCUT2D eigenvalue weighted by Gasteiger charge is 2.38. The summed E-state index contributed by atoms with van der Waals surface area (Å²) in [5.74, 6) is -2.35. The molecule has 0 fully saturated rings. The van der Waals surface area contributed by atoms with Crippen LogP contribution in [0, 0.1) is 21.4 Å². The Labute approximate surface area is 196 Å². The van der Waals surface area contributed by atoms with Crippen LogP contribution in [0.5, 0.6) is 0 Å². The van der Waals surface area contributed by atoms with Gasteiger partial charge in [0.2, 0.25) is 0 Å². The molecule has 1 atom stereocenters. The second-order valence-corrected chi connectivity index (χ2v) is 7.59. The van der Waals surface area contributed by atoms with Gasteiger partial charge in [0, 0.05) is 23.5 Å². The van der Waals surface area contributed by atoms with Crippen molar-refractivity contribution in [1.82, 2.24) is 5.32 Å². The summed E-state index contributed by atoms with van der Waals surface area (Å²) in [4.78, 5) is 37.1. The molecule has 0 amide bonds. The van der Waals surface area contributed by atoms with E-state index in [9.17, 15) is 19.7 Å². The van der Waals surface area contributed by atoms with Crippen LogP contribution in [0.15, 0.2) is 77.1 Å². The number of nitro benzene ring substituents is 1. The minimum atomic E-state index is -0.959. The Balaban J connectivity index is 2.03. The molecular weight excluding hydrogens is 438 g/mol. The Morgan fingerprint density at radius 2 is 1.68 bits per heavy atom. The van der Waals surface area contributed by atoms with Gasteiger partial charge in [-0.05, 0) is 25.0 Å². The van der Waals surface area contributed by atoms with Crippen LogP contribution in [0.25, 0.3) is 0 Å². The van der Waals surface area contributed by atoms with Gasteiger partial charge in [-0.15, -0.1) is 0 Å². The number of carbonyl (C=O) groups excluding carboxylic acids is 2. The first-order chi connectivity index (χ1) is 16.3. The molecule has 2 aromatic rings. The fourth-order valence-corrected chi connectivity index (χ4v) is 3.75. The van der Waals surface area contributed by atoms with Crippen LogP contribution in [0.1, 0.15) is 37.3 Å². The molecule has 0 saturated heterocycles. The average Bonchev–Trinajstić information content (AvgIpc) is 2.82. The number of hydrogen-bond donors (Lipinski definition) is 1. The van der Waals surface area contributed by atoms with E-state index < -0.39 is 22.8 Å². The number of nitrogens with one attached hydrogen (secondary N) is 1. The van der Waals surface area contributed by atoms with Crippen molar-refractivity contribution in [3.8, 4) is 6.07 Å². The van der Waals surface area contributed by atoms with E-state index in [1.807, 2.05) is 36.4 Å². The molecule has 1 N–H and O–H groups in total. The van der Waals surface area contributed by atoms with Crippen molar-refractivity contribution in [3.63, 3.8) is 0 Å². The normalized spacial score (nSPS) is 15.3. The first-order valence-electron chi connectivity index (χ1n) is 10.5. The predicted octanol–water partition coefficient (Wildman–Crippen LogP) is 4.03. The molecule has 3 rings (SSSR count). The van der Waals surface area contributed by atoms with Gasteiger partial charge in [-0.1, -0.05) is 42.5 Å². The lowest BCUT2D eigenvalue weighted by atomic mass is 9.80. The highest BCUT2D eigenvalue weighted by Crippen LogP contribution is 2.40. The van der Waals surface area contributed by atoms with E-state index in [2.05, 4.69) is 5.32 Å². The number of benzene rings is 2. The lowest BCUT2D eigenvalue weighted by Gasteiger charge is -2.30. The van der Waals surface area contributed by atoms with Gasteiger partial charge < -0.3 is 14.8 Å². The third-order valence-corrected chi connectivity index (χ3v) is 5.27. The number of dihydropyridines is 1. The van der Waals surface area contributed by atoms with Gasteiger partial charge in [0.15, 0.2) is 0 Å². The molecule has 0 radical (unpaired) electrons. The quantitative estimate of drug-likeness (QED) is 0.270. The Morgan fingerprint density at radius 3 is 2.29 bits per heavy atom. The molecule has 174 valence electrons. The largest absolute Gasteiger partial charge is 0.461 e. The van der Waals surface area contributed by atoms with E-state index >= 15 is 0 Å². The number of nitrogens with zero attached hydrogens (tertiary/aromatic N) is 2. The maximum absolute atomic E-state index is 13.2. The Morgan fingerprint density at radius 1 is 1.03 bits per heavy atom. The second-order valence-electron chi connectivity index (χ2n) is 7.59. The van der Waals surface area contributed by atoms with Crippen LogP contribution in [0.2, 0.25) is 0 Å². The van der Waals surface area contributed by atoms with Crippen LogP contribution in [-0.2, 0) is 25.7 Å².